The molecule has 1 amide bonds. The summed E-state index contributed by atoms with van der Waals surface area (Å²) < 4.78 is 11.4. The Morgan fingerprint density at radius 2 is 1.76 bits per heavy atom. The Morgan fingerprint density at radius 3 is 2.41 bits per heavy atom. The number of carbonyl (C=O) groups excluding carboxylic acids is 1. The van der Waals surface area contributed by atoms with Crippen molar-refractivity contribution < 1.29 is 14.3 Å². The standard InChI is InChI=1S/C23H27ClN2O3/c24-20-7-3-18(4-8-20)16-25-11-13-26(14-12-25)23(27)19-5-9-21(10-6-19)29-17-22-2-1-15-28-22/h3-10,22H,1-2,11-17H2. The van der Waals surface area contributed by atoms with Crippen LogP contribution in [0.4, 0.5) is 0 Å². The Kier molecular flexibility index (Phi) is 6.70. The smallest absolute Gasteiger partial charge is 0.253 e. The van der Waals surface area contributed by atoms with E-state index in [0.717, 1.165) is 62.9 Å². The molecule has 29 heavy (non-hydrogen) atoms. The Labute approximate surface area is 177 Å². The number of amides is 1. The van der Waals surface area contributed by atoms with Crippen molar-refractivity contribution in [2.45, 2.75) is 25.5 Å². The van der Waals surface area contributed by atoms with Crippen LogP contribution in [0, 0.1) is 0 Å². The summed E-state index contributed by atoms with van der Waals surface area (Å²) in [5.74, 6) is 0.867. The van der Waals surface area contributed by atoms with Gasteiger partial charge in [0.15, 0.2) is 0 Å². The molecule has 0 aliphatic carbocycles. The SMILES string of the molecule is O=C(c1ccc(OCC2CCCO2)cc1)N1CCN(Cc2ccc(Cl)cc2)CC1. The van der Waals surface area contributed by atoms with E-state index < -0.39 is 0 Å². The summed E-state index contributed by atoms with van der Waals surface area (Å²) in [6.45, 7) is 5.51. The molecule has 2 fully saturated rings. The zero-order chi connectivity index (χ0) is 20.1. The highest BCUT2D eigenvalue weighted by atomic mass is 35.5. The summed E-state index contributed by atoms with van der Waals surface area (Å²) in [6.07, 6.45) is 2.36. The average Bonchev–Trinajstić information content (AvgIpc) is 3.28. The molecule has 4 rings (SSSR count). The molecule has 1 atom stereocenters. The molecule has 2 aliphatic rings. The monoisotopic (exact) mass is 414 g/mol. The molecule has 6 heteroatoms. The molecule has 2 aliphatic heterocycles. The first-order valence-electron chi connectivity index (χ1n) is 10.3. The molecular weight excluding hydrogens is 388 g/mol. The summed E-state index contributed by atoms with van der Waals surface area (Å²) in [4.78, 5) is 17.1. The highest BCUT2D eigenvalue weighted by Crippen LogP contribution is 2.18. The second kappa shape index (κ2) is 9.61. The maximum absolute atomic E-state index is 12.8. The van der Waals surface area contributed by atoms with Crippen LogP contribution in [0.3, 0.4) is 0 Å². The van der Waals surface area contributed by atoms with Crippen molar-refractivity contribution in [3.63, 3.8) is 0 Å². The number of hydrogen-bond acceptors (Lipinski definition) is 4. The van der Waals surface area contributed by atoms with Gasteiger partial charge in [-0.1, -0.05) is 23.7 Å². The van der Waals surface area contributed by atoms with Crippen molar-refractivity contribution in [2.24, 2.45) is 0 Å². The van der Waals surface area contributed by atoms with Gasteiger partial charge in [0.1, 0.15) is 12.4 Å². The lowest BCUT2D eigenvalue weighted by molar-refractivity contribution is 0.0627. The van der Waals surface area contributed by atoms with E-state index in [4.69, 9.17) is 21.1 Å². The third-order valence-corrected chi connectivity index (χ3v) is 5.79. The number of rotatable bonds is 6. The van der Waals surface area contributed by atoms with E-state index in [9.17, 15) is 4.79 Å². The zero-order valence-electron chi connectivity index (χ0n) is 16.6. The lowest BCUT2D eigenvalue weighted by Gasteiger charge is -2.34. The predicted octanol–water partition coefficient (Wildman–Crippen LogP) is 3.86. The molecule has 2 saturated heterocycles. The van der Waals surface area contributed by atoms with Crippen LogP contribution in [0.25, 0.3) is 0 Å². The van der Waals surface area contributed by atoms with Crippen molar-refractivity contribution in [2.75, 3.05) is 39.4 Å². The Hall–Kier alpha value is -2.08. The van der Waals surface area contributed by atoms with Crippen LogP contribution in [-0.4, -0.2) is 61.2 Å². The Bertz CT molecular complexity index is 796. The van der Waals surface area contributed by atoms with Gasteiger partial charge >= 0.3 is 0 Å². The van der Waals surface area contributed by atoms with E-state index in [1.165, 1.54) is 5.56 Å². The molecule has 0 radical (unpaired) electrons. The minimum atomic E-state index is 0.0850. The minimum Gasteiger partial charge on any atom is -0.491 e. The van der Waals surface area contributed by atoms with Gasteiger partial charge in [0, 0.05) is 49.9 Å². The van der Waals surface area contributed by atoms with Crippen molar-refractivity contribution >= 4 is 17.5 Å². The van der Waals surface area contributed by atoms with Crippen LogP contribution >= 0.6 is 11.6 Å². The second-order valence-electron chi connectivity index (χ2n) is 7.67. The number of ether oxygens (including phenoxy) is 2. The molecule has 1 unspecified atom stereocenters. The number of benzene rings is 2. The first-order chi connectivity index (χ1) is 14.2. The van der Waals surface area contributed by atoms with Crippen molar-refractivity contribution in [3.8, 4) is 5.75 Å². The normalized spacial score (nSPS) is 20.0. The third-order valence-electron chi connectivity index (χ3n) is 5.54. The fourth-order valence-corrected chi connectivity index (χ4v) is 3.92. The van der Waals surface area contributed by atoms with Gasteiger partial charge in [-0.2, -0.15) is 0 Å². The first kappa shape index (κ1) is 20.2. The highest BCUT2D eigenvalue weighted by Gasteiger charge is 2.22. The molecule has 2 heterocycles. The molecule has 0 N–H and O–H groups in total. The number of halogens is 1. The fraction of sp³-hybridized carbons (Fsp3) is 0.435. The molecule has 2 aromatic rings. The summed E-state index contributed by atoms with van der Waals surface area (Å²) in [7, 11) is 0. The van der Waals surface area contributed by atoms with E-state index in [0.29, 0.717) is 12.2 Å². The van der Waals surface area contributed by atoms with Gasteiger partial charge in [-0.3, -0.25) is 9.69 Å². The summed E-state index contributed by atoms with van der Waals surface area (Å²) in [5.41, 5.74) is 1.95. The summed E-state index contributed by atoms with van der Waals surface area (Å²) >= 11 is 5.95. The lowest BCUT2D eigenvalue weighted by atomic mass is 10.1. The Balaban J connectivity index is 1.25. The summed E-state index contributed by atoms with van der Waals surface area (Å²) in [5, 5.41) is 0.757. The van der Waals surface area contributed by atoms with Gasteiger partial charge in [-0.15, -0.1) is 0 Å². The number of nitrogens with zero attached hydrogens (tertiary/aromatic N) is 2. The topological polar surface area (TPSA) is 42.0 Å². The van der Waals surface area contributed by atoms with Gasteiger partial charge in [-0.25, -0.2) is 0 Å². The minimum absolute atomic E-state index is 0.0850. The molecule has 0 bridgehead atoms. The van der Waals surface area contributed by atoms with Gasteiger partial charge in [-0.05, 0) is 54.8 Å². The molecular formula is C23H27ClN2O3. The molecule has 154 valence electrons. The maximum atomic E-state index is 12.8. The fourth-order valence-electron chi connectivity index (χ4n) is 3.80. The van der Waals surface area contributed by atoms with Crippen LogP contribution in [0.1, 0.15) is 28.8 Å². The van der Waals surface area contributed by atoms with E-state index in [2.05, 4.69) is 17.0 Å². The molecule has 0 aromatic heterocycles. The van der Waals surface area contributed by atoms with Crippen LogP contribution < -0.4 is 4.74 Å². The highest BCUT2D eigenvalue weighted by molar-refractivity contribution is 6.30. The summed E-state index contributed by atoms with van der Waals surface area (Å²) in [6, 6.07) is 15.4. The van der Waals surface area contributed by atoms with E-state index in [1.54, 1.807) is 0 Å². The van der Waals surface area contributed by atoms with Gasteiger partial charge in [0.05, 0.1) is 6.10 Å². The van der Waals surface area contributed by atoms with Crippen LogP contribution in [0.15, 0.2) is 48.5 Å². The van der Waals surface area contributed by atoms with Crippen molar-refractivity contribution in [3.05, 3.63) is 64.7 Å². The van der Waals surface area contributed by atoms with Crippen LogP contribution in [0.5, 0.6) is 5.75 Å². The van der Waals surface area contributed by atoms with E-state index >= 15 is 0 Å². The first-order valence-corrected chi connectivity index (χ1v) is 10.7. The number of carbonyl (C=O) groups is 1. The Morgan fingerprint density at radius 1 is 1.03 bits per heavy atom. The predicted molar refractivity (Wildman–Crippen MR) is 114 cm³/mol. The largest absolute Gasteiger partial charge is 0.491 e. The van der Waals surface area contributed by atoms with Crippen LogP contribution in [0.2, 0.25) is 5.02 Å². The van der Waals surface area contributed by atoms with E-state index in [1.807, 2.05) is 41.3 Å². The molecule has 5 nitrogen and oxygen atoms in total. The zero-order valence-corrected chi connectivity index (χ0v) is 17.3. The maximum Gasteiger partial charge on any atom is 0.253 e. The number of piperazine rings is 1. The molecule has 0 saturated carbocycles. The van der Waals surface area contributed by atoms with E-state index in [-0.39, 0.29) is 12.0 Å². The number of hydrogen-bond donors (Lipinski definition) is 0. The van der Waals surface area contributed by atoms with Gasteiger partial charge in [0.25, 0.3) is 5.91 Å². The van der Waals surface area contributed by atoms with Crippen molar-refractivity contribution in [1.29, 1.82) is 0 Å². The second-order valence-corrected chi connectivity index (χ2v) is 8.10. The molecule has 0 spiro atoms. The van der Waals surface area contributed by atoms with Gasteiger partial charge in [0.2, 0.25) is 0 Å². The quantitative estimate of drug-likeness (QED) is 0.719. The van der Waals surface area contributed by atoms with Crippen LogP contribution in [-0.2, 0) is 11.3 Å². The average molecular weight is 415 g/mol. The molecule has 2 aromatic carbocycles. The lowest BCUT2D eigenvalue weighted by Crippen LogP contribution is -2.48. The third kappa shape index (κ3) is 5.50. The van der Waals surface area contributed by atoms with Gasteiger partial charge < -0.3 is 14.4 Å². The van der Waals surface area contributed by atoms with Crippen molar-refractivity contribution in [1.82, 2.24) is 9.80 Å².